The molecule has 2 N–H and O–H groups in total. The Morgan fingerprint density at radius 1 is 1.00 bits per heavy atom. The van der Waals surface area contributed by atoms with Gasteiger partial charge in [0.25, 0.3) is 5.91 Å². The van der Waals surface area contributed by atoms with Gasteiger partial charge < -0.3 is 10.6 Å². The largest absolute Gasteiger partial charge is 0.355 e. The summed E-state index contributed by atoms with van der Waals surface area (Å²) in [6.07, 6.45) is 3.30. The van der Waals surface area contributed by atoms with Gasteiger partial charge in [0.15, 0.2) is 0 Å². The molecule has 2 amide bonds. The highest BCUT2D eigenvalue weighted by Gasteiger charge is 2.02. The SMILES string of the molecule is CNC(=O)c1ccc(CNC(=O)/C=C/c2ccc(C)cc2)cc1. The highest BCUT2D eigenvalue weighted by atomic mass is 16.2. The summed E-state index contributed by atoms with van der Waals surface area (Å²) < 4.78 is 0. The van der Waals surface area contributed by atoms with Crippen LogP contribution in [0.3, 0.4) is 0 Å². The molecule has 118 valence electrons. The van der Waals surface area contributed by atoms with Crippen molar-refractivity contribution in [3.63, 3.8) is 0 Å². The van der Waals surface area contributed by atoms with Crippen LogP contribution in [-0.2, 0) is 11.3 Å². The fourth-order valence-electron chi connectivity index (χ4n) is 2.02. The molecule has 0 saturated heterocycles. The molecule has 0 unspecified atom stereocenters. The number of rotatable bonds is 5. The van der Waals surface area contributed by atoms with E-state index in [4.69, 9.17) is 0 Å². The fraction of sp³-hybridized carbons (Fsp3) is 0.158. The molecule has 0 aromatic heterocycles. The first-order valence-electron chi connectivity index (χ1n) is 7.42. The Bertz CT molecular complexity index is 701. The number of carbonyl (C=O) groups excluding carboxylic acids is 2. The molecule has 0 atom stereocenters. The lowest BCUT2D eigenvalue weighted by atomic mass is 10.1. The third kappa shape index (κ3) is 5.11. The fourth-order valence-corrected chi connectivity index (χ4v) is 2.02. The molecule has 0 saturated carbocycles. The van der Waals surface area contributed by atoms with Gasteiger partial charge in [0, 0.05) is 25.2 Å². The van der Waals surface area contributed by atoms with Crippen LogP contribution in [0.2, 0.25) is 0 Å². The number of hydrogen-bond donors (Lipinski definition) is 2. The van der Waals surface area contributed by atoms with Crippen molar-refractivity contribution >= 4 is 17.9 Å². The van der Waals surface area contributed by atoms with Crippen molar-refractivity contribution in [3.05, 3.63) is 76.9 Å². The maximum Gasteiger partial charge on any atom is 0.251 e. The number of nitrogens with one attached hydrogen (secondary N) is 2. The van der Waals surface area contributed by atoms with Gasteiger partial charge in [-0.15, -0.1) is 0 Å². The lowest BCUT2D eigenvalue weighted by Crippen LogP contribution is -2.20. The van der Waals surface area contributed by atoms with Crippen LogP contribution in [0.15, 0.2) is 54.6 Å². The minimum absolute atomic E-state index is 0.124. The molecule has 0 heterocycles. The van der Waals surface area contributed by atoms with E-state index in [9.17, 15) is 9.59 Å². The van der Waals surface area contributed by atoms with E-state index >= 15 is 0 Å². The lowest BCUT2D eigenvalue weighted by Gasteiger charge is -2.04. The summed E-state index contributed by atoms with van der Waals surface area (Å²) in [5.41, 5.74) is 3.71. The average molecular weight is 308 g/mol. The van der Waals surface area contributed by atoms with Crippen molar-refractivity contribution in [1.82, 2.24) is 10.6 Å². The molecule has 0 radical (unpaired) electrons. The van der Waals surface area contributed by atoms with Crippen LogP contribution in [0.25, 0.3) is 6.08 Å². The van der Waals surface area contributed by atoms with Crippen molar-refractivity contribution < 1.29 is 9.59 Å². The van der Waals surface area contributed by atoms with Crippen LogP contribution in [0.1, 0.15) is 27.0 Å². The molecule has 4 heteroatoms. The van der Waals surface area contributed by atoms with Crippen LogP contribution in [-0.4, -0.2) is 18.9 Å². The molecule has 2 aromatic rings. The Morgan fingerprint density at radius 2 is 1.65 bits per heavy atom. The summed E-state index contributed by atoms with van der Waals surface area (Å²) in [5, 5.41) is 5.39. The van der Waals surface area contributed by atoms with E-state index in [1.807, 2.05) is 43.3 Å². The zero-order valence-corrected chi connectivity index (χ0v) is 13.3. The van der Waals surface area contributed by atoms with E-state index in [1.165, 1.54) is 11.6 Å². The smallest absolute Gasteiger partial charge is 0.251 e. The molecule has 23 heavy (non-hydrogen) atoms. The topological polar surface area (TPSA) is 58.2 Å². The summed E-state index contributed by atoms with van der Waals surface area (Å²) in [7, 11) is 1.59. The molecule has 0 spiro atoms. The monoisotopic (exact) mass is 308 g/mol. The van der Waals surface area contributed by atoms with E-state index in [-0.39, 0.29) is 11.8 Å². The zero-order valence-electron chi connectivity index (χ0n) is 13.3. The molecule has 0 aliphatic rings. The minimum atomic E-state index is -0.152. The van der Waals surface area contributed by atoms with Crippen molar-refractivity contribution in [2.24, 2.45) is 0 Å². The van der Waals surface area contributed by atoms with Crippen LogP contribution in [0.5, 0.6) is 0 Å². The third-order valence-electron chi connectivity index (χ3n) is 3.41. The first-order valence-corrected chi connectivity index (χ1v) is 7.42. The number of carbonyl (C=O) groups is 2. The molecule has 2 rings (SSSR count). The van der Waals surface area contributed by atoms with Gasteiger partial charge in [0.2, 0.25) is 5.91 Å². The maximum absolute atomic E-state index is 11.8. The maximum atomic E-state index is 11.8. The molecule has 0 aliphatic heterocycles. The molecule has 2 aromatic carbocycles. The van der Waals surface area contributed by atoms with Gasteiger partial charge in [-0.25, -0.2) is 0 Å². The Hall–Kier alpha value is -2.88. The molecule has 0 fully saturated rings. The third-order valence-corrected chi connectivity index (χ3v) is 3.41. The van der Waals surface area contributed by atoms with Crippen LogP contribution >= 0.6 is 0 Å². The normalized spacial score (nSPS) is 10.5. The predicted molar refractivity (Wildman–Crippen MR) is 91.9 cm³/mol. The average Bonchev–Trinajstić information content (AvgIpc) is 2.59. The quantitative estimate of drug-likeness (QED) is 0.834. The standard InChI is InChI=1S/C19H20N2O2/c1-14-3-5-15(6-4-14)9-12-18(22)21-13-16-7-10-17(11-8-16)19(23)20-2/h3-12H,13H2,1-2H3,(H,20,23)(H,21,22)/b12-9+. The van der Waals surface area contributed by atoms with E-state index < -0.39 is 0 Å². The van der Waals surface area contributed by atoms with Gasteiger partial charge in [-0.3, -0.25) is 9.59 Å². The van der Waals surface area contributed by atoms with Gasteiger partial charge in [0.05, 0.1) is 0 Å². The highest BCUT2D eigenvalue weighted by molar-refractivity contribution is 5.94. The number of hydrogen-bond acceptors (Lipinski definition) is 2. The Labute approximate surface area is 136 Å². The van der Waals surface area contributed by atoms with Gasteiger partial charge in [0.1, 0.15) is 0 Å². The van der Waals surface area contributed by atoms with E-state index in [1.54, 1.807) is 25.3 Å². The second-order valence-corrected chi connectivity index (χ2v) is 5.24. The molecular weight excluding hydrogens is 288 g/mol. The van der Waals surface area contributed by atoms with E-state index in [0.717, 1.165) is 11.1 Å². The molecule has 0 aliphatic carbocycles. The molecule has 0 bridgehead atoms. The zero-order chi connectivity index (χ0) is 16.7. The Morgan fingerprint density at radius 3 is 2.26 bits per heavy atom. The summed E-state index contributed by atoms with van der Waals surface area (Å²) in [4.78, 5) is 23.3. The first kappa shape index (κ1) is 16.5. The summed E-state index contributed by atoms with van der Waals surface area (Å²) >= 11 is 0. The van der Waals surface area contributed by atoms with E-state index in [2.05, 4.69) is 10.6 Å². The van der Waals surface area contributed by atoms with Gasteiger partial charge in [-0.1, -0.05) is 42.0 Å². The summed E-state index contributed by atoms with van der Waals surface area (Å²) in [6, 6.07) is 15.1. The van der Waals surface area contributed by atoms with Crippen LogP contribution in [0, 0.1) is 6.92 Å². The van der Waals surface area contributed by atoms with Crippen molar-refractivity contribution in [2.45, 2.75) is 13.5 Å². The summed E-state index contributed by atoms with van der Waals surface area (Å²) in [6.45, 7) is 2.45. The van der Waals surface area contributed by atoms with Gasteiger partial charge in [-0.2, -0.15) is 0 Å². The second-order valence-electron chi connectivity index (χ2n) is 5.24. The highest BCUT2D eigenvalue weighted by Crippen LogP contribution is 2.06. The first-order chi connectivity index (χ1) is 11.1. The molecular formula is C19H20N2O2. The van der Waals surface area contributed by atoms with E-state index in [0.29, 0.717) is 12.1 Å². The minimum Gasteiger partial charge on any atom is -0.355 e. The summed E-state index contributed by atoms with van der Waals surface area (Å²) in [5.74, 6) is -0.275. The second kappa shape index (κ2) is 7.94. The number of amides is 2. The Kier molecular flexibility index (Phi) is 5.69. The van der Waals surface area contributed by atoms with Crippen LogP contribution in [0.4, 0.5) is 0 Å². The van der Waals surface area contributed by atoms with Crippen molar-refractivity contribution in [2.75, 3.05) is 7.05 Å². The molecule has 4 nitrogen and oxygen atoms in total. The number of aryl methyl sites for hydroxylation is 1. The van der Waals surface area contributed by atoms with Crippen molar-refractivity contribution in [1.29, 1.82) is 0 Å². The van der Waals surface area contributed by atoms with Gasteiger partial charge in [-0.05, 0) is 36.3 Å². The number of benzene rings is 2. The Balaban J connectivity index is 1.86. The lowest BCUT2D eigenvalue weighted by molar-refractivity contribution is -0.116. The van der Waals surface area contributed by atoms with Gasteiger partial charge >= 0.3 is 0 Å². The van der Waals surface area contributed by atoms with Crippen molar-refractivity contribution in [3.8, 4) is 0 Å². The predicted octanol–water partition coefficient (Wildman–Crippen LogP) is 2.68. The van der Waals surface area contributed by atoms with Crippen LogP contribution < -0.4 is 10.6 Å².